The van der Waals surface area contributed by atoms with Crippen molar-refractivity contribution in [2.24, 2.45) is 5.92 Å². The second-order valence-electron chi connectivity index (χ2n) is 9.28. The SMILES string of the molecule is CC(C)CC(C)(O)c1ccnc2c(N(C)C)c(C(=O)N[C@H]3CCOc4ccccc43)sc12. The fourth-order valence-electron chi connectivity index (χ4n) is 4.59. The predicted octanol–water partition coefficient (Wildman–Crippen LogP) is 4.87. The Morgan fingerprint density at radius 3 is 2.81 bits per heavy atom. The molecule has 0 spiro atoms. The molecule has 1 aliphatic heterocycles. The first-order valence-corrected chi connectivity index (χ1v) is 11.8. The molecule has 1 unspecified atom stereocenters. The van der Waals surface area contributed by atoms with Crippen LogP contribution in [0.1, 0.15) is 60.5 Å². The van der Waals surface area contributed by atoms with E-state index in [2.05, 4.69) is 24.1 Å². The Balaban J connectivity index is 1.75. The maximum absolute atomic E-state index is 13.5. The van der Waals surface area contributed by atoms with Gasteiger partial charge in [0.25, 0.3) is 5.91 Å². The van der Waals surface area contributed by atoms with Crippen molar-refractivity contribution in [2.75, 3.05) is 25.6 Å². The van der Waals surface area contributed by atoms with Crippen LogP contribution < -0.4 is 15.0 Å². The van der Waals surface area contributed by atoms with Crippen LogP contribution in [0.2, 0.25) is 0 Å². The molecule has 1 amide bonds. The average Bonchev–Trinajstić information content (AvgIpc) is 3.13. The second kappa shape index (κ2) is 8.71. The van der Waals surface area contributed by atoms with Gasteiger partial charge in [-0.3, -0.25) is 9.78 Å². The molecular weight excluding hydrogens is 422 g/mol. The number of carbonyl (C=O) groups is 1. The molecule has 2 atom stereocenters. The Hall–Kier alpha value is -2.64. The van der Waals surface area contributed by atoms with Crippen molar-refractivity contribution in [3.8, 4) is 5.75 Å². The number of rotatable bonds is 6. The van der Waals surface area contributed by atoms with Crippen LogP contribution in [0, 0.1) is 5.92 Å². The van der Waals surface area contributed by atoms with Crippen molar-refractivity contribution in [3.05, 3.63) is 52.5 Å². The Morgan fingerprint density at radius 1 is 1.34 bits per heavy atom. The number of anilines is 1. The van der Waals surface area contributed by atoms with Crippen molar-refractivity contribution in [1.82, 2.24) is 10.3 Å². The molecule has 4 rings (SSSR count). The maximum Gasteiger partial charge on any atom is 0.264 e. The number of ether oxygens (including phenoxy) is 1. The topological polar surface area (TPSA) is 74.7 Å². The third kappa shape index (κ3) is 4.19. The monoisotopic (exact) mass is 453 g/mol. The molecule has 0 saturated carbocycles. The number of hydrogen-bond acceptors (Lipinski definition) is 6. The quantitative estimate of drug-likeness (QED) is 0.557. The molecule has 0 saturated heterocycles. The number of benzene rings is 1. The normalized spacial score (nSPS) is 17.5. The van der Waals surface area contributed by atoms with Crippen LogP contribution in [0.5, 0.6) is 5.75 Å². The fraction of sp³-hybridized carbons (Fsp3) is 0.440. The Morgan fingerprint density at radius 2 is 2.09 bits per heavy atom. The van der Waals surface area contributed by atoms with E-state index in [0.29, 0.717) is 23.8 Å². The van der Waals surface area contributed by atoms with Gasteiger partial charge in [0.1, 0.15) is 16.1 Å². The number of hydrogen-bond donors (Lipinski definition) is 2. The molecule has 0 radical (unpaired) electrons. The molecule has 0 bridgehead atoms. The Bertz CT molecular complexity index is 1140. The van der Waals surface area contributed by atoms with E-state index in [-0.39, 0.29) is 11.9 Å². The number of aromatic nitrogens is 1. The van der Waals surface area contributed by atoms with Crippen LogP contribution in [0.25, 0.3) is 10.2 Å². The molecule has 3 aromatic rings. The number of nitrogens with one attached hydrogen (secondary N) is 1. The van der Waals surface area contributed by atoms with Gasteiger partial charge in [0.2, 0.25) is 0 Å². The minimum Gasteiger partial charge on any atom is -0.493 e. The number of para-hydroxylation sites is 1. The number of thiophene rings is 1. The maximum atomic E-state index is 13.5. The van der Waals surface area contributed by atoms with Gasteiger partial charge in [-0.2, -0.15) is 0 Å². The number of nitrogens with zero attached hydrogens (tertiary/aromatic N) is 2. The molecule has 0 fully saturated rings. The molecule has 2 N–H and O–H groups in total. The van der Waals surface area contributed by atoms with Crippen molar-refractivity contribution in [3.63, 3.8) is 0 Å². The molecular formula is C25H31N3O3S. The smallest absolute Gasteiger partial charge is 0.264 e. The highest BCUT2D eigenvalue weighted by molar-refractivity contribution is 7.21. The van der Waals surface area contributed by atoms with E-state index < -0.39 is 5.60 Å². The zero-order valence-electron chi connectivity index (χ0n) is 19.3. The summed E-state index contributed by atoms with van der Waals surface area (Å²) < 4.78 is 6.60. The van der Waals surface area contributed by atoms with E-state index in [1.165, 1.54) is 11.3 Å². The molecule has 6 nitrogen and oxygen atoms in total. The molecule has 7 heteroatoms. The zero-order chi connectivity index (χ0) is 23.0. The number of carbonyl (C=O) groups excluding carboxylic acids is 1. The molecule has 0 aliphatic carbocycles. The summed E-state index contributed by atoms with van der Waals surface area (Å²) in [5.74, 6) is 1.02. The van der Waals surface area contributed by atoms with E-state index in [1.807, 2.05) is 56.3 Å². The van der Waals surface area contributed by atoms with E-state index in [0.717, 1.165) is 39.2 Å². The van der Waals surface area contributed by atoms with Crippen molar-refractivity contribution < 1.29 is 14.6 Å². The summed E-state index contributed by atoms with van der Waals surface area (Å²) in [5.41, 5.74) is 2.35. The summed E-state index contributed by atoms with van der Waals surface area (Å²) in [4.78, 5) is 20.6. The summed E-state index contributed by atoms with van der Waals surface area (Å²) in [7, 11) is 3.84. The average molecular weight is 454 g/mol. The van der Waals surface area contributed by atoms with E-state index in [1.54, 1.807) is 6.20 Å². The lowest BCUT2D eigenvalue weighted by Crippen LogP contribution is -2.32. The van der Waals surface area contributed by atoms with Gasteiger partial charge >= 0.3 is 0 Å². The summed E-state index contributed by atoms with van der Waals surface area (Å²) >= 11 is 1.40. The zero-order valence-corrected chi connectivity index (χ0v) is 20.1. The summed E-state index contributed by atoms with van der Waals surface area (Å²) in [6, 6.07) is 9.60. The van der Waals surface area contributed by atoms with Gasteiger partial charge in [-0.1, -0.05) is 32.0 Å². The van der Waals surface area contributed by atoms with Gasteiger partial charge in [-0.15, -0.1) is 11.3 Å². The van der Waals surface area contributed by atoms with E-state index >= 15 is 0 Å². The van der Waals surface area contributed by atoms with Gasteiger partial charge in [-0.05, 0) is 31.4 Å². The lowest BCUT2D eigenvalue weighted by Gasteiger charge is -2.26. The van der Waals surface area contributed by atoms with Crippen LogP contribution in [-0.2, 0) is 5.60 Å². The lowest BCUT2D eigenvalue weighted by atomic mass is 9.87. The molecule has 3 heterocycles. The molecule has 32 heavy (non-hydrogen) atoms. The summed E-state index contributed by atoms with van der Waals surface area (Å²) in [6.07, 6.45) is 3.07. The Labute approximate surface area is 193 Å². The standard InChI is InChI=1S/C25H31N3O3S/c1-15(2)14-25(3,30)17-10-12-26-20-21(28(4)5)23(32-22(17)20)24(29)27-18-11-13-31-19-9-7-6-8-16(18)19/h6-10,12,15,18,30H,11,13-14H2,1-5H3,(H,27,29)/t18-,25?/m0/s1. The minimum atomic E-state index is -1.00. The largest absolute Gasteiger partial charge is 0.493 e. The predicted molar refractivity (Wildman–Crippen MR) is 130 cm³/mol. The van der Waals surface area contributed by atoms with Crippen LogP contribution >= 0.6 is 11.3 Å². The molecule has 170 valence electrons. The fourth-order valence-corrected chi connectivity index (χ4v) is 5.97. The van der Waals surface area contributed by atoms with Crippen molar-refractivity contribution >= 4 is 33.1 Å². The lowest BCUT2D eigenvalue weighted by molar-refractivity contribution is 0.0364. The third-order valence-electron chi connectivity index (χ3n) is 5.85. The van der Waals surface area contributed by atoms with Crippen molar-refractivity contribution in [2.45, 2.75) is 45.3 Å². The number of pyridine rings is 1. The van der Waals surface area contributed by atoms with Gasteiger partial charge in [0.05, 0.1) is 28.6 Å². The van der Waals surface area contributed by atoms with Gasteiger partial charge in [0, 0.05) is 37.8 Å². The molecule has 1 aliphatic rings. The number of amides is 1. The molecule has 1 aromatic carbocycles. The first-order valence-electron chi connectivity index (χ1n) is 11.0. The first-order chi connectivity index (χ1) is 15.2. The number of fused-ring (bicyclic) bond motifs is 2. The van der Waals surface area contributed by atoms with E-state index in [9.17, 15) is 9.90 Å². The van der Waals surface area contributed by atoms with Crippen LogP contribution in [-0.4, -0.2) is 36.7 Å². The van der Waals surface area contributed by atoms with Crippen LogP contribution in [0.4, 0.5) is 5.69 Å². The van der Waals surface area contributed by atoms with Gasteiger partial charge in [-0.25, -0.2) is 0 Å². The third-order valence-corrected chi connectivity index (χ3v) is 7.05. The van der Waals surface area contributed by atoms with Crippen LogP contribution in [0.15, 0.2) is 36.5 Å². The summed E-state index contributed by atoms with van der Waals surface area (Å²) in [5, 5.41) is 14.5. The summed E-state index contributed by atoms with van der Waals surface area (Å²) in [6.45, 7) is 6.60. The van der Waals surface area contributed by atoms with Crippen molar-refractivity contribution in [1.29, 1.82) is 0 Å². The van der Waals surface area contributed by atoms with Crippen LogP contribution in [0.3, 0.4) is 0 Å². The highest BCUT2D eigenvalue weighted by atomic mass is 32.1. The second-order valence-corrected chi connectivity index (χ2v) is 10.3. The van der Waals surface area contributed by atoms with Gasteiger partial charge < -0.3 is 20.1 Å². The highest BCUT2D eigenvalue weighted by Gasteiger charge is 2.31. The Kier molecular flexibility index (Phi) is 6.14. The minimum absolute atomic E-state index is 0.107. The highest BCUT2D eigenvalue weighted by Crippen LogP contribution is 2.43. The molecule has 2 aromatic heterocycles. The first kappa shape index (κ1) is 22.6. The number of aliphatic hydroxyl groups is 1. The van der Waals surface area contributed by atoms with E-state index in [4.69, 9.17) is 4.74 Å². The van der Waals surface area contributed by atoms with Gasteiger partial charge in [0.15, 0.2) is 0 Å².